The zero-order chi connectivity index (χ0) is 10.8. The van der Waals surface area contributed by atoms with Gasteiger partial charge in [-0.15, -0.1) is 0 Å². The van der Waals surface area contributed by atoms with Crippen molar-refractivity contribution in [2.45, 2.75) is 45.2 Å². The van der Waals surface area contributed by atoms with Crippen molar-refractivity contribution in [3.8, 4) is 0 Å². The maximum Gasteiger partial charge on any atom is 0.169 e. The number of hydrogen-bond donors (Lipinski definition) is 1. The smallest absolute Gasteiger partial charge is 0.169 e. The minimum absolute atomic E-state index is 0.312. The molecule has 3 heteroatoms. The van der Waals surface area contributed by atoms with Gasteiger partial charge in [0.1, 0.15) is 5.76 Å². The summed E-state index contributed by atoms with van der Waals surface area (Å²) in [5.74, 6) is 1.89. The molecule has 0 spiro atoms. The van der Waals surface area contributed by atoms with Crippen molar-refractivity contribution in [3.63, 3.8) is 0 Å². The molecule has 2 rings (SSSR count). The lowest BCUT2D eigenvalue weighted by atomic mass is 10.1. The molecule has 1 fully saturated rings. The minimum Gasteiger partial charge on any atom is -0.453 e. The zero-order valence-electron chi connectivity index (χ0n) is 9.29. The molecular formula is C12H18BrNO. The van der Waals surface area contributed by atoms with E-state index in [9.17, 15) is 0 Å². The van der Waals surface area contributed by atoms with Crippen molar-refractivity contribution in [2.24, 2.45) is 5.92 Å². The van der Waals surface area contributed by atoms with Crippen LogP contribution >= 0.6 is 15.9 Å². The maximum atomic E-state index is 5.54. The Morgan fingerprint density at radius 1 is 1.47 bits per heavy atom. The van der Waals surface area contributed by atoms with Gasteiger partial charge in [-0.3, -0.25) is 0 Å². The molecule has 1 aliphatic carbocycles. The summed E-state index contributed by atoms with van der Waals surface area (Å²) < 4.78 is 6.35. The number of halogens is 1. The normalized spacial score (nSPS) is 28.2. The van der Waals surface area contributed by atoms with Gasteiger partial charge in [-0.2, -0.15) is 0 Å². The van der Waals surface area contributed by atoms with E-state index in [1.54, 1.807) is 0 Å². The lowest BCUT2D eigenvalue weighted by molar-refractivity contribution is 0.378. The van der Waals surface area contributed by atoms with Crippen molar-refractivity contribution >= 4 is 15.9 Å². The van der Waals surface area contributed by atoms with Crippen LogP contribution in [0, 0.1) is 5.92 Å². The van der Waals surface area contributed by atoms with Crippen molar-refractivity contribution in [1.29, 1.82) is 0 Å². The molecule has 1 aromatic heterocycles. The molecule has 1 N–H and O–H groups in total. The van der Waals surface area contributed by atoms with Crippen molar-refractivity contribution in [3.05, 3.63) is 22.6 Å². The van der Waals surface area contributed by atoms with Gasteiger partial charge >= 0.3 is 0 Å². The Balaban J connectivity index is 1.89. The van der Waals surface area contributed by atoms with Crippen LogP contribution in [0.25, 0.3) is 0 Å². The highest BCUT2D eigenvalue weighted by atomic mass is 79.9. The number of nitrogens with one attached hydrogen (secondary N) is 1. The summed E-state index contributed by atoms with van der Waals surface area (Å²) in [6.07, 6.45) is 3.95. The van der Waals surface area contributed by atoms with Gasteiger partial charge in [0.05, 0.1) is 6.04 Å². The Labute approximate surface area is 99.6 Å². The van der Waals surface area contributed by atoms with Gasteiger partial charge in [0.2, 0.25) is 0 Å². The summed E-state index contributed by atoms with van der Waals surface area (Å²) in [4.78, 5) is 0. The van der Waals surface area contributed by atoms with Crippen LogP contribution in [0.5, 0.6) is 0 Å². The second-order valence-corrected chi connectivity index (χ2v) is 5.43. The van der Waals surface area contributed by atoms with Gasteiger partial charge in [-0.1, -0.05) is 6.92 Å². The van der Waals surface area contributed by atoms with E-state index in [1.165, 1.54) is 19.3 Å². The van der Waals surface area contributed by atoms with Gasteiger partial charge in [-0.05, 0) is 60.2 Å². The van der Waals surface area contributed by atoms with Crippen LogP contribution < -0.4 is 5.32 Å². The number of furan rings is 1. The summed E-state index contributed by atoms with van der Waals surface area (Å²) in [7, 11) is 0. The van der Waals surface area contributed by atoms with E-state index in [0.29, 0.717) is 12.1 Å². The molecule has 1 aromatic rings. The number of hydrogen-bond acceptors (Lipinski definition) is 2. The Morgan fingerprint density at radius 2 is 2.27 bits per heavy atom. The van der Waals surface area contributed by atoms with Gasteiger partial charge in [-0.25, -0.2) is 0 Å². The predicted molar refractivity (Wildman–Crippen MR) is 64.8 cm³/mol. The third-order valence-corrected chi connectivity index (χ3v) is 3.63. The topological polar surface area (TPSA) is 25.2 Å². The standard InChI is InChI=1S/C12H18BrNO/c1-8-3-4-10(7-8)14-9(2)11-5-6-12(13)15-11/h5-6,8-10,14H,3-4,7H2,1-2H3. The summed E-state index contributed by atoms with van der Waals surface area (Å²) in [5.41, 5.74) is 0. The van der Waals surface area contributed by atoms with Crippen LogP contribution in [-0.4, -0.2) is 6.04 Å². The Bertz CT molecular complexity index is 323. The van der Waals surface area contributed by atoms with Gasteiger partial charge in [0.15, 0.2) is 4.67 Å². The highest BCUT2D eigenvalue weighted by Crippen LogP contribution is 2.27. The maximum absolute atomic E-state index is 5.54. The molecule has 0 amide bonds. The van der Waals surface area contributed by atoms with E-state index >= 15 is 0 Å². The van der Waals surface area contributed by atoms with Crippen LogP contribution in [0.2, 0.25) is 0 Å². The molecule has 0 radical (unpaired) electrons. The zero-order valence-corrected chi connectivity index (χ0v) is 10.9. The van der Waals surface area contributed by atoms with Crippen molar-refractivity contribution < 1.29 is 4.42 Å². The SMILES string of the molecule is CC1CCC(NC(C)c2ccc(Br)o2)C1. The lowest BCUT2D eigenvalue weighted by Gasteiger charge is -2.17. The largest absolute Gasteiger partial charge is 0.453 e. The Morgan fingerprint density at radius 3 is 2.80 bits per heavy atom. The first kappa shape index (κ1) is 11.2. The van der Waals surface area contributed by atoms with E-state index in [1.807, 2.05) is 12.1 Å². The number of rotatable bonds is 3. The van der Waals surface area contributed by atoms with E-state index < -0.39 is 0 Å². The Kier molecular flexibility index (Phi) is 3.52. The van der Waals surface area contributed by atoms with Gasteiger partial charge in [0.25, 0.3) is 0 Å². The third kappa shape index (κ3) is 2.85. The van der Waals surface area contributed by atoms with Crippen LogP contribution in [0.4, 0.5) is 0 Å². The first-order valence-electron chi connectivity index (χ1n) is 5.66. The van der Waals surface area contributed by atoms with E-state index in [2.05, 4.69) is 35.1 Å². The van der Waals surface area contributed by atoms with Gasteiger partial charge in [0, 0.05) is 6.04 Å². The second kappa shape index (κ2) is 4.71. The second-order valence-electron chi connectivity index (χ2n) is 4.65. The van der Waals surface area contributed by atoms with Crippen LogP contribution in [0.1, 0.15) is 44.9 Å². The van der Waals surface area contributed by atoms with E-state index in [4.69, 9.17) is 4.42 Å². The minimum atomic E-state index is 0.312. The van der Waals surface area contributed by atoms with Crippen LogP contribution in [-0.2, 0) is 0 Å². The van der Waals surface area contributed by atoms with Crippen LogP contribution in [0.15, 0.2) is 21.2 Å². The fraction of sp³-hybridized carbons (Fsp3) is 0.667. The van der Waals surface area contributed by atoms with Crippen LogP contribution in [0.3, 0.4) is 0 Å². The fourth-order valence-electron chi connectivity index (χ4n) is 2.36. The van der Waals surface area contributed by atoms with Crippen molar-refractivity contribution in [2.75, 3.05) is 0 Å². The summed E-state index contributed by atoms with van der Waals surface area (Å²) >= 11 is 3.33. The molecule has 2 nitrogen and oxygen atoms in total. The molecule has 84 valence electrons. The molecule has 3 unspecified atom stereocenters. The average molecular weight is 272 g/mol. The molecular weight excluding hydrogens is 254 g/mol. The first-order valence-corrected chi connectivity index (χ1v) is 6.45. The quantitative estimate of drug-likeness (QED) is 0.903. The van der Waals surface area contributed by atoms with Gasteiger partial charge < -0.3 is 9.73 Å². The third-order valence-electron chi connectivity index (χ3n) is 3.20. The molecule has 0 bridgehead atoms. The molecule has 0 aliphatic heterocycles. The molecule has 0 aromatic carbocycles. The molecule has 1 saturated carbocycles. The molecule has 3 atom stereocenters. The van der Waals surface area contributed by atoms with E-state index in [0.717, 1.165) is 16.3 Å². The highest BCUT2D eigenvalue weighted by Gasteiger charge is 2.23. The highest BCUT2D eigenvalue weighted by molar-refractivity contribution is 9.10. The summed E-state index contributed by atoms with van der Waals surface area (Å²) in [5, 5.41) is 3.62. The summed E-state index contributed by atoms with van der Waals surface area (Å²) in [6, 6.07) is 4.95. The molecule has 15 heavy (non-hydrogen) atoms. The average Bonchev–Trinajstić information content (AvgIpc) is 2.75. The predicted octanol–water partition coefficient (Wildman–Crippen LogP) is 3.88. The first-order chi connectivity index (χ1) is 7.15. The Hall–Kier alpha value is -0.280. The fourth-order valence-corrected chi connectivity index (χ4v) is 2.67. The molecule has 0 saturated heterocycles. The monoisotopic (exact) mass is 271 g/mol. The van der Waals surface area contributed by atoms with E-state index in [-0.39, 0.29) is 0 Å². The lowest BCUT2D eigenvalue weighted by Crippen LogP contribution is -2.29. The molecule has 1 aliphatic rings. The van der Waals surface area contributed by atoms with Crippen molar-refractivity contribution in [1.82, 2.24) is 5.32 Å². The molecule has 1 heterocycles. The summed E-state index contributed by atoms with van der Waals surface area (Å²) in [6.45, 7) is 4.49.